The zero-order valence-corrected chi connectivity index (χ0v) is 33.5. The van der Waals surface area contributed by atoms with Gasteiger partial charge in [-0.2, -0.15) is 0 Å². The fraction of sp³-hybridized carbons (Fsp3) is 0.875. The summed E-state index contributed by atoms with van der Waals surface area (Å²) in [5.74, 6) is -0.346. The summed E-state index contributed by atoms with van der Waals surface area (Å²) in [5, 5.41) is 0. The van der Waals surface area contributed by atoms with Gasteiger partial charge in [-0.1, -0.05) is 122 Å². The zero-order chi connectivity index (χ0) is 36.3. The van der Waals surface area contributed by atoms with Gasteiger partial charge in [0, 0.05) is 13.0 Å². The number of rotatable bonds is 37. The maximum absolute atomic E-state index is 12.6. The molecule has 0 aliphatic rings. The third-order valence-corrected chi connectivity index (χ3v) is 9.44. The molecule has 0 bridgehead atoms. The molecule has 2 atom stereocenters. The number of hydrogen-bond acceptors (Lipinski definition) is 7. The second-order valence-electron chi connectivity index (χ2n) is 14.6. The molecule has 49 heavy (non-hydrogen) atoms. The van der Waals surface area contributed by atoms with Gasteiger partial charge in [-0.15, -0.1) is 0 Å². The molecule has 0 radical (unpaired) electrons. The molecule has 9 heteroatoms. The number of ether oxygens (including phenoxy) is 2. The van der Waals surface area contributed by atoms with E-state index in [-0.39, 0.29) is 25.8 Å². The molecule has 0 heterocycles. The first-order chi connectivity index (χ1) is 23.6. The van der Waals surface area contributed by atoms with E-state index in [0.717, 1.165) is 44.9 Å². The first-order valence-electron chi connectivity index (χ1n) is 20.1. The first-order valence-corrected chi connectivity index (χ1v) is 21.5. The van der Waals surface area contributed by atoms with E-state index in [1.807, 2.05) is 21.1 Å². The summed E-state index contributed by atoms with van der Waals surface area (Å²) < 4.78 is 34.5. The summed E-state index contributed by atoms with van der Waals surface area (Å²) in [7, 11) is 1.35. The summed E-state index contributed by atoms with van der Waals surface area (Å²) in [6.45, 7) is 5.36. The van der Waals surface area contributed by atoms with E-state index in [1.165, 1.54) is 103 Å². The van der Waals surface area contributed by atoms with Gasteiger partial charge in [-0.05, 0) is 64.2 Å². The molecule has 0 aliphatic heterocycles. The minimum Gasteiger partial charge on any atom is -0.756 e. The molecular formula is C40H78NO7P. The highest BCUT2D eigenvalue weighted by Crippen LogP contribution is 2.38. The fourth-order valence-corrected chi connectivity index (χ4v) is 6.03. The van der Waals surface area contributed by atoms with Crippen molar-refractivity contribution in [2.75, 3.05) is 54.1 Å². The second-order valence-corrected chi connectivity index (χ2v) is 16.0. The van der Waals surface area contributed by atoms with Crippen molar-refractivity contribution in [3.05, 3.63) is 24.3 Å². The largest absolute Gasteiger partial charge is 0.756 e. The smallest absolute Gasteiger partial charge is 0.306 e. The van der Waals surface area contributed by atoms with Crippen LogP contribution in [0.2, 0.25) is 0 Å². The van der Waals surface area contributed by atoms with E-state index in [9.17, 15) is 14.3 Å². The molecule has 0 amide bonds. The molecule has 0 saturated heterocycles. The molecule has 290 valence electrons. The Morgan fingerprint density at radius 2 is 1.06 bits per heavy atom. The highest BCUT2D eigenvalue weighted by Gasteiger charge is 2.20. The normalized spacial score (nSPS) is 14.2. The molecule has 0 aliphatic carbocycles. The van der Waals surface area contributed by atoms with Gasteiger partial charge in [-0.3, -0.25) is 9.36 Å². The van der Waals surface area contributed by atoms with E-state index in [2.05, 4.69) is 38.2 Å². The molecule has 0 aromatic heterocycles. The molecule has 0 rings (SSSR count). The van der Waals surface area contributed by atoms with Gasteiger partial charge in [0.15, 0.2) is 0 Å². The average Bonchev–Trinajstić information content (AvgIpc) is 3.04. The van der Waals surface area contributed by atoms with E-state index < -0.39 is 13.9 Å². The molecular weight excluding hydrogens is 637 g/mol. The number of phosphoric acid groups is 1. The van der Waals surface area contributed by atoms with Crippen LogP contribution >= 0.6 is 7.82 Å². The van der Waals surface area contributed by atoms with E-state index in [4.69, 9.17) is 18.5 Å². The number of hydrogen-bond donors (Lipinski definition) is 0. The van der Waals surface area contributed by atoms with Crippen molar-refractivity contribution in [2.24, 2.45) is 0 Å². The van der Waals surface area contributed by atoms with Crippen molar-refractivity contribution >= 4 is 13.8 Å². The first kappa shape index (κ1) is 48.0. The average molecular weight is 716 g/mol. The Bertz CT molecular complexity index is 843. The summed E-state index contributed by atoms with van der Waals surface area (Å²) in [6, 6.07) is 0. The van der Waals surface area contributed by atoms with Gasteiger partial charge in [-0.25, -0.2) is 0 Å². The Morgan fingerprint density at radius 1 is 0.612 bits per heavy atom. The number of unbranched alkanes of at least 4 members (excludes halogenated alkanes) is 19. The predicted molar refractivity (Wildman–Crippen MR) is 204 cm³/mol. The zero-order valence-electron chi connectivity index (χ0n) is 32.6. The van der Waals surface area contributed by atoms with Gasteiger partial charge in [0.2, 0.25) is 0 Å². The van der Waals surface area contributed by atoms with Crippen LogP contribution in [0.3, 0.4) is 0 Å². The molecule has 8 nitrogen and oxygen atoms in total. The lowest BCUT2D eigenvalue weighted by atomic mass is 10.1. The maximum atomic E-state index is 12.6. The van der Waals surface area contributed by atoms with E-state index in [1.54, 1.807) is 0 Å². The van der Waals surface area contributed by atoms with Gasteiger partial charge in [0.25, 0.3) is 7.82 Å². The Kier molecular flexibility index (Phi) is 33.4. The number of carbonyl (C=O) groups is 1. The maximum Gasteiger partial charge on any atom is 0.306 e. The van der Waals surface area contributed by atoms with Gasteiger partial charge >= 0.3 is 5.97 Å². The number of carbonyl (C=O) groups excluding carboxylic acids is 1. The minimum absolute atomic E-state index is 0.0242. The number of esters is 1. The molecule has 0 aromatic carbocycles. The molecule has 0 aromatic rings. The van der Waals surface area contributed by atoms with Crippen molar-refractivity contribution in [2.45, 2.75) is 174 Å². The van der Waals surface area contributed by atoms with Crippen molar-refractivity contribution in [3.8, 4) is 0 Å². The van der Waals surface area contributed by atoms with Crippen LogP contribution in [0.1, 0.15) is 168 Å². The molecule has 0 N–H and O–H groups in total. The standard InChI is InChI=1S/C40H78NO7P/c1-6-8-10-12-14-16-18-20-21-23-25-27-29-31-33-40(42)48-39(38-47-49(43,44)46-36-34-41(3,4)5)37-45-35-32-30-28-26-24-22-19-17-15-13-11-9-7-2/h15,17-18,20,39H,6-14,16,19,21-38H2,1-5H3/b17-15-,20-18-. The van der Waals surface area contributed by atoms with Crippen LogP contribution in [0, 0.1) is 0 Å². The highest BCUT2D eigenvalue weighted by atomic mass is 31.2. The van der Waals surface area contributed by atoms with Crippen LogP contribution in [-0.2, 0) is 27.9 Å². The van der Waals surface area contributed by atoms with Gasteiger partial charge in [0.05, 0.1) is 34.4 Å². The molecule has 0 spiro atoms. The van der Waals surface area contributed by atoms with E-state index >= 15 is 0 Å². The topological polar surface area (TPSA) is 94.1 Å². The predicted octanol–water partition coefficient (Wildman–Crippen LogP) is 10.6. The van der Waals surface area contributed by atoms with Crippen LogP contribution in [0.4, 0.5) is 0 Å². The minimum atomic E-state index is -4.52. The highest BCUT2D eigenvalue weighted by molar-refractivity contribution is 7.45. The second kappa shape index (κ2) is 34.1. The Morgan fingerprint density at radius 3 is 1.59 bits per heavy atom. The molecule has 0 saturated carbocycles. The lowest BCUT2D eigenvalue weighted by Gasteiger charge is -2.28. The number of likely N-dealkylation sites (N-methyl/N-ethyl adjacent to an activating group) is 1. The quantitative estimate of drug-likeness (QED) is 0.0208. The van der Waals surface area contributed by atoms with Crippen molar-refractivity contribution in [1.29, 1.82) is 0 Å². The Balaban J connectivity index is 4.30. The fourth-order valence-electron chi connectivity index (χ4n) is 5.30. The third-order valence-electron chi connectivity index (χ3n) is 8.48. The van der Waals surface area contributed by atoms with Crippen molar-refractivity contribution < 1.29 is 37.3 Å². The Labute approximate surface area is 303 Å². The lowest BCUT2D eigenvalue weighted by Crippen LogP contribution is -2.37. The number of phosphoric ester groups is 1. The number of quaternary nitrogens is 1. The monoisotopic (exact) mass is 716 g/mol. The van der Waals surface area contributed by atoms with Crippen LogP contribution in [0.15, 0.2) is 24.3 Å². The van der Waals surface area contributed by atoms with E-state index in [0.29, 0.717) is 24.1 Å². The molecule has 2 unspecified atom stereocenters. The van der Waals surface area contributed by atoms with Crippen LogP contribution in [0.25, 0.3) is 0 Å². The third kappa shape index (κ3) is 38.1. The van der Waals surface area contributed by atoms with Crippen LogP contribution in [-0.4, -0.2) is 70.7 Å². The Hall–Kier alpha value is -1.02. The van der Waals surface area contributed by atoms with Crippen molar-refractivity contribution in [1.82, 2.24) is 0 Å². The summed E-state index contributed by atoms with van der Waals surface area (Å²) in [6.07, 6.45) is 36.1. The lowest BCUT2D eigenvalue weighted by molar-refractivity contribution is -0.870. The molecule has 0 fully saturated rings. The van der Waals surface area contributed by atoms with Gasteiger partial charge < -0.3 is 27.9 Å². The van der Waals surface area contributed by atoms with Gasteiger partial charge in [0.1, 0.15) is 19.3 Å². The number of allylic oxidation sites excluding steroid dienone is 4. The summed E-state index contributed by atoms with van der Waals surface area (Å²) in [4.78, 5) is 24.9. The summed E-state index contributed by atoms with van der Waals surface area (Å²) >= 11 is 0. The SMILES string of the molecule is CCCCC/C=C\CCCCCCCCOCC(COP(=O)([O-])OCC[N+](C)(C)C)OC(=O)CCCCCCC/C=C\CCCCCCC. The van der Waals surface area contributed by atoms with Crippen LogP contribution < -0.4 is 4.89 Å². The van der Waals surface area contributed by atoms with Crippen LogP contribution in [0.5, 0.6) is 0 Å². The number of nitrogens with zero attached hydrogens (tertiary/aromatic N) is 1. The van der Waals surface area contributed by atoms with Crippen molar-refractivity contribution in [3.63, 3.8) is 0 Å². The summed E-state index contributed by atoms with van der Waals surface area (Å²) in [5.41, 5.74) is 0.